The third-order valence-electron chi connectivity index (χ3n) is 4.75. The maximum Gasteiger partial charge on any atom is 0.337 e. The molecule has 1 saturated heterocycles. The lowest BCUT2D eigenvalue weighted by molar-refractivity contribution is 0.0699. The first kappa shape index (κ1) is 17.7. The second-order valence-electron chi connectivity index (χ2n) is 8.46. The van der Waals surface area contributed by atoms with Gasteiger partial charge in [0.05, 0.1) is 11.1 Å². The largest absolute Gasteiger partial charge is 0.478 e. The van der Waals surface area contributed by atoms with E-state index in [1.807, 2.05) is 19.1 Å². The summed E-state index contributed by atoms with van der Waals surface area (Å²) in [4.78, 5) is 16.0. The molecule has 1 aliphatic heterocycles. The van der Waals surface area contributed by atoms with Crippen LogP contribution in [0.15, 0.2) is 24.3 Å². The highest BCUT2D eigenvalue weighted by molar-refractivity contribution is 6.05. The number of nitrogens with zero attached hydrogens (tertiary/aromatic N) is 1. The van der Waals surface area contributed by atoms with Gasteiger partial charge >= 0.3 is 5.97 Å². The number of para-hydroxylation sites is 1. The number of carboxylic acids is 1. The average molecular weight is 341 g/mol. The number of benzene rings is 1. The van der Waals surface area contributed by atoms with Gasteiger partial charge in [0.2, 0.25) is 0 Å². The van der Waals surface area contributed by atoms with Gasteiger partial charge in [0.15, 0.2) is 0 Å². The Bertz CT molecular complexity index is 811. The number of piperidine rings is 1. The van der Waals surface area contributed by atoms with Crippen LogP contribution < -0.4 is 10.6 Å². The van der Waals surface area contributed by atoms with Gasteiger partial charge in [0.25, 0.3) is 0 Å². The minimum Gasteiger partial charge on any atom is -0.478 e. The summed E-state index contributed by atoms with van der Waals surface area (Å²) < 4.78 is 0. The van der Waals surface area contributed by atoms with Crippen LogP contribution in [-0.2, 0) is 0 Å². The van der Waals surface area contributed by atoms with Crippen molar-refractivity contribution in [3.05, 3.63) is 35.5 Å². The van der Waals surface area contributed by atoms with Crippen molar-refractivity contribution in [1.29, 1.82) is 0 Å². The minimum atomic E-state index is -0.946. The van der Waals surface area contributed by atoms with Gasteiger partial charge in [-0.05, 0) is 59.6 Å². The van der Waals surface area contributed by atoms with E-state index in [0.29, 0.717) is 11.6 Å². The van der Waals surface area contributed by atoms with Gasteiger partial charge in [-0.3, -0.25) is 4.98 Å². The number of hydrogen-bond acceptors (Lipinski definition) is 4. The zero-order valence-electron chi connectivity index (χ0n) is 15.6. The molecule has 0 aliphatic carbocycles. The van der Waals surface area contributed by atoms with Crippen molar-refractivity contribution < 1.29 is 9.90 Å². The molecule has 2 aromatic rings. The van der Waals surface area contributed by atoms with Crippen LogP contribution in [0.5, 0.6) is 0 Å². The topological polar surface area (TPSA) is 74.2 Å². The molecule has 1 fully saturated rings. The quantitative estimate of drug-likeness (QED) is 0.788. The predicted molar refractivity (Wildman–Crippen MR) is 101 cm³/mol. The monoisotopic (exact) mass is 341 g/mol. The molecule has 0 radical (unpaired) electrons. The first-order valence-electron chi connectivity index (χ1n) is 8.76. The second kappa shape index (κ2) is 5.99. The van der Waals surface area contributed by atoms with Crippen LogP contribution in [0.25, 0.3) is 10.9 Å². The van der Waals surface area contributed by atoms with Crippen molar-refractivity contribution in [1.82, 2.24) is 10.3 Å². The first-order valence-corrected chi connectivity index (χ1v) is 8.76. The van der Waals surface area contributed by atoms with Crippen molar-refractivity contribution in [3.63, 3.8) is 0 Å². The van der Waals surface area contributed by atoms with Crippen LogP contribution in [0.4, 0.5) is 5.69 Å². The normalized spacial score (nSPS) is 19.7. The van der Waals surface area contributed by atoms with Crippen molar-refractivity contribution in [2.75, 3.05) is 5.32 Å². The van der Waals surface area contributed by atoms with E-state index >= 15 is 0 Å². The molecule has 0 amide bonds. The Labute approximate surface area is 148 Å². The fraction of sp³-hybridized carbons (Fsp3) is 0.500. The fourth-order valence-corrected chi connectivity index (χ4v) is 4.31. The number of aromatic carboxylic acids is 1. The number of pyridine rings is 1. The van der Waals surface area contributed by atoms with Crippen LogP contribution in [0.2, 0.25) is 0 Å². The highest BCUT2D eigenvalue weighted by atomic mass is 16.4. The van der Waals surface area contributed by atoms with Crippen LogP contribution in [-0.4, -0.2) is 33.2 Å². The van der Waals surface area contributed by atoms with Crippen LogP contribution in [0.3, 0.4) is 0 Å². The van der Waals surface area contributed by atoms with Crippen molar-refractivity contribution in [2.24, 2.45) is 0 Å². The molecule has 3 rings (SSSR count). The van der Waals surface area contributed by atoms with Crippen LogP contribution in [0.1, 0.15) is 56.6 Å². The molecule has 0 saturated carbocycles. The summed E-state index contributed by atoms with van der Waals surface area (Å²) in [5.74, 6) is -0.946. The van der Waals surface area contributed by atoms with Gasteiger partial charge in [-0.25, -0.2) is 4.79 Å². The van der Waals surface area contributed by atoms with E-state index in [-0.39, 0.29) is 16.6 Å². The van der Waals surface area contributed by atoms with Gasteiger partial charge < -0.3 is 15.7 Å². The van der Waals surface area contributed by atoms with E-state index < -0.39 is 5.97 Å². The maximum absolute atomic E-state index is 11.5. The minimum absolute atomic E-state index is 0.0452. The number of carboxylic acid groups (broad SMARTS) is 1. The molecule has 5 nitrogen and oxygen atoms in total. The average Bonchev–Trinajstić information content (AvgIpc) is 2.42. The Morgan fingerprint density at radius 2 is 1.88 bits per heavy atom. The van der Waals surface area contributed by atoms with Gasteiger partial charge in [0.1, 0.15) is 0 Å². The number of fused-ring (bicyclic) bond motifs is 1. The highest BCUT2D eigenvalue weighted by Gasteiger charge is 2.37. The Kier molecular flexibility index (Phi) is 4.23. The number of nitrogens with one attached hydrogen (secondary N) is 2. The number of anilines is 1. The molecule has 3 N–H and O–H groups in total. The number of aromatic nitrogens is 1. The number of aryl methyl sites for hydroxylation is 1. The van der Waals surface area contributed by atoms with Crippen molar-refractivity contribution >= 4 is 22.6 Å². The van der Waals surface area contributed by atoms with Crippen LogP contribution >= 0.6 is 0 Å². The first-order chi connectivity index (χ1) is 11.6. The molecule has 1 aromatic carbocycles. The molecular weight excluding hydrogens is 314 g/mol. The van der Waals surface area contributed by atoms with Gasteiger partial charge in [-0.1, -0.05) is 12.1 Å². The summed E-state index contributed by atoms with van der Waals surface area (Å²) in [5.41, 5.74) is 2.66. The highest BCUT2D eigenvalue weighted by Crippen LogP contribution is 2.33. The Hall–Kier alpha value is -2.14. The third-order valence-corrected chi connectivity index (χ3v) is 4.75. The number of rotatable bonds is 3. The van der Waals surface area contributed by atoms with E-state index in [9.17, 15) is 9.90 Å². The Morgan fingerprint density at radius 3 is 2.48 bits per heavy atom. The SMILES string of the molecule is Cc1cc(NC2CC(C)(C)NC(C)(C)C2)c2cccc(C(=O)O)c2n1. The lowest BCUT2D eigenvalue weighted by Gasteiger charge is -2.47. The third kappa shape index (κ3) is 3.76. The maximum atomic E-state index is 11.5. The van der Waals surface area contributed by atoms with E-state index in [2.05, 4.69) is 43.3 Å². The molecule has 134 valence electrons. The molecule has 1 aromatic heterocycles. The van der Waals surface area contributed by atoms with Crippen LogP contribution in [0, 0.1) is 6.92 Å². The van der Waals surface area contributed by atoms with E-state index in [1.165, 1.54) is 0 Å². The van der Waals surface area contributed by atoms with Crippen molar-refractivity contribution in [3.8, 4) is 0 Å². The van der Waals surface area contributed by atoms with Gasteiger partial charge in [-0.2, -0.15) is 0 Å². The van der Waals surface area contributed by atoms with E-state index in [1.54, 1.807) is 12.1 Å². The lowest BCUT2D eigenvalue weighted by atomic mass is 9.79. The van der Waals surface area contributed by atoms with E-state index in [0.717, 1.165) is 29.6 Å². The number of carbonyl (C=O) groups is 1. The van der Waals surface area contributed by atoms with E-state index in [4.69, 9.17) is 0 Å². The summed E-state index contributed by atoms with van der Waals surface area (Å²) in [7, 11) is 0. The summed E-state index contributed by atoms with van der Waals surface area (Å²) in [6.07, 6.45) is 2.00. The fourth-order valence-electron chi connectivity index (χ4n) is 4.31. The molecule has 0 spiro atoms. The summed E-state index contributed by atoms with van der Waals surface area (Å²) in [5, 5.41) is 17.7. The molecule has 0 unspecified atom stereocenters. The Morgan fingerprint density at radius 1 is 1.24 bits per heavy atom. The summed E-state index contributed by atoms with van der Waals surface area (Å²) in [6, 6.07) is 7.65. The molecule has 2 heterocycles. The van der Waals surface area contributed by atoms with Gasteiger partial charge in [-0.15, -0.1) is 0 Å². The molecule has 0 atom stereocenters. The smallest absolute Gasteiger partial charge is 0.337 e. The second-order valence-corrected chi connectivity index (χ2v) is 8.46. The molecule has 1 aliphatic rings. The standard InChI is InChI=1S/C20H27N3O2/c1-12-9-16(14-7-6-8-15(18(24)25)17(14)21-12)22-13-10-19(2,3)23-20(4,5)11-13/h6-9,13,23H,10-11H2,1-5H3,(H,21,22)(H,24,25). The van der Waals surface area contributed by atoms with Gasteiger partial charge in [0, 0.05) is 33.9 Å². The summed E-state index contributed by atoms with van der Waals surface area (Å²) in [6.45, 7) is 10.8. The molecular formula is C20H27N3O2. The zero-order chi connectivity index (χ0) is 18.4. The molecule has 0 bridgehead atoms. The Balaban J connectivity index is 2.02. The predicted octanol–water partition coefficient (Wildman–Crippen LogP) is 3.96. The van der Waals surface area contributed by atoms with Crippen molar-refractivity contribution in [2.45, 2.75) is 64.6 Å². The molecule has 25 heavy (non-hydrogen) atoms. The number of hydrogen-bond donors (Lipinski definition) is 3. The lowest BCUT2D eigenvalue weighted by Crippen LogP contribution is -2.60. The zero-order valence-corrected chi connectivity index (χ0v) is 15.6. The molecule has 5 heteroatoms. The summed E-state index contributed by atoms with van der Waals surface area (Å²) >= 11 is 0.